The summed E-state index contributed by atoms with van der Waals surface area (Å²) in [7, 11) is 0. The number of hydrogen-bond acceptors (Lipinski definition) is 3. The van der Waals surface area contributed by atoms with Crippen molar-refractivity contribution in [3.63, 3.8) is 0 Å². The van der Waals surface area contributed by atoms with Gasteiger partial charge >= 0.3 is 0 Å². The van der Waals surface area contributed by atoms with Gasteiger partial charge in [-0.15, -0.1) is 0 Å². The Kier molecular flexibility index (Phi) is 6.03. The maximum atomic E-state index is 5.92. The van der Waals surface area contributed by atoms with E-state index in [9.17, 15) is 0 Å². The maximum Gasteiger partial charge on any atom is 0.141 e. The predicted molar refractivity (Wildman–Crippen MR) is 90.0 cm³/mol. The van der Waals surface area contributed by atoms with Crippen molar-refractivity contribution in [1.82, 2.24) is 10.3 Å². The van der Waals surface area contributed by atoms with Crippen LogP contribution in [0.1, 0.15) is 19.5 Å². The molecule has 0 saturated carbocycles. The molecule has 0 saturated heterocycles. The molecule has 0 radical (unpaired) electrons. The monoisotopic (exact) mass is 368 g/mol. The van der Waals surface area contributed by atoms with E-state index in [2.05, 4.69) is 40.1 Å². The molecule has 0 unspecified atom stereocenters. The summed E-state index contributed by atoms with van der Waals surface area (Å²) < 4.78 is 6.68. The van der Waals surface area contributed by atoms with E-state index in [1.54, 1.807) is 12.3 Å². The Morgan fingerprint density at radius 1 is 1.29 bits per heavy atom. The van der Waals surface area contributed by atoms with Gasteiger partial charge in [0.15, 0.2) is 0 Å². The van der Waals surface area contributed by atoms with Crippen LogP contribution >= 0.6 is 27.5 Å². The van der Waals surface area contributed by atoms with Crippen LogP contribution in [0, 0.1) is 5.92 Å². The fourth-order valence-electron chi connectivity index (χ4n) is 1.79. The van der Waals surface area contributed by atoms with Crippen molar-refractivity contribution in [3.8, 4) is 11.5 Å². The molecule has 0 fully saturated rings. The van der Waals surface area contributed by atoms with Crippen molar-refractivity contribution in [3.05, 3.63) is 51.7 Å². The smallest absolute Gasteiger partial charge is 0.141 e. The quantitative estimate of drug-likeness (QED) is 0.775. The number of benzene rings is 1. The highest BCUT2D eigenvalue weighted by molar-refractivity contribution is 9.10. The average Bonchev–Trinajstić information content (AvgIpc) is 2.42. The fourth-order valence-corrected chi connectivity index (χ4v) is 2.55. The van der Waals surface area contributed by atoms with Crippen molar-refractivity contribution in [1.29, 1.82) is 0 Å². The predicted octanol–water partition coefficient (Wildman–Crippen LogP) is 5.04. The van der Waals surface area contributed by atoms with E-state index in [4.69, 9.17) is 16.3 Å². The van der Waals surface area contributed by atoms with Gasteiger partial charge in [0.05, 0.1) is 10.2 Å². The Labute approximate surface area is 138 Å². The highest BCUT2D eigenvalue weighted by Crippen LogP contribution is 2.31. The summed E-state index contributed by atoms with van der Waals surface area (Å²) in [5, 5.41) is 4.04. The van der Waals surface area contributed by atoms with Gasteiger partial charge in [-0.25, -0.2) is 0 Å². The summed E-state index contributed by atoms with van der Waals surface area (Å²) in [5.74, 6) is 2.11. The second-order valence-electron chi connectivity index (χ2n) is 5.18. The maximum absolute atomic E-state index is 5.92. The topological polar surface area (TPSA) is 34.1 Å². The Morgan fingerprint density at radius 2 is 2.10 bits per heavy atom. The molecular formula is C16H18BrClN2O. The number of nitrogens with one attached hydrogen (secondary N) is 1. The minimum absolute atomic E-state index is 0.620. The zero-order chi connectivity index (χ0) is 15.2. The summed E-state index contributed by atoms with van der Waals surface area (Å²) in [6, 6.07) is 9.22. The van der Waals surface area contributed by atoms with Gasteiger partial charge in [0.25, 0.3) is 0 Å². The van der Waals surface area contributed by atoms with Crippen LogP contribution < -0.4 is 10.1 Å². The lowest BCUT2D eigenvalue weighted by molar-refractivity contribution is 0.476. The molecular weight excluding hydrogens is 352 g/mol. The van der Waals surface area contributed by atoms with Crippen LogP contribution in [-0.2, 0) is 6.54 Å². The van der Waals surface area contributed by atoms with Crippen LogP contribution in [0.4, 0.5) is 0 Å². The van der Waals surface area contributed by atoms with Gasteiger partial charge in [-0.1, -0.05) is 25.4 Å². The fraction of sp³-hybridized carbons (Fsp3) is 0.312. The molecule has 5 heteroatoms. The molecule has 2 aromatic rings. The highest BCUT2D eigenvalue weighted by atomic mass is 79.9. The van der Waals surface area contributed by atoms with Gasteiger partial charge < -0.3 is 10.1 Å². The number of hydrogen-bond donors (Lipinski definition) is 1. The second-order valence-corrected chi connectivity index (χ2v) is 6.48. The zero-order valence-electron chi connectivity index (χ0n) is 12.1. The van der Waals surface area contributed by atoms with E-state index in [1.807, 2.05) is 24.3 Å². The van der Waals surface area contributed by atoms with E-state index >= 15 is 0 Å². The summed E-state index contributed by atoms with van der Waals surface area (Å²) in [6.45, 7) is 6.06. The first kappa shape index (κ1) is 16.3. The molecule has 0 amide bonds. The number of nitrogens with zero attached hydrogens (tertiary/aromatic N) is 1. The van der Waals surface area contributed by atoms with E-state index in [-0.39, 0.29) is 0 Å². The molecule has 0 aliphatic carbocycles. The van der Waals surface area contributed by atoms with Crippen LogP contribution in [0.15, 0.2) is 41.0 Å². The van der Waals surface area contributed by atoms with Crippen molar-refractivity contribution in [2.75, 3.05) is 6.54 Å². The lowest BCUT2D eigenvalue weighted by Gasteiger charge is -2.10. The van der Waals surface area contributed by atoms with E-state index in [0.717, 1.165) is 34.8 Å². The molecule has 0 aliphatic rings. The Balaban J connectivity index is 2.03. The van der Waals surface area contributed by atoms with Crippen LogP contribution in [0.2, 0.25) is 5.02 Å². The van der Waals surface area contributed by atoms with Gasteiger partial charge in [0.1, 0.15) is 11.5 Å². The van der Waals surface area contributed by atoms with Crippen molar-refractivity contribution in [2.24, 2.45) is 5.92 Å². The molecule has 1 heterocycles. The van der Waals surface area contributed by atoms with Crippen molar-refractivity contribution < 1.29 is 4.74 Å². The summed E-state index contributed by atoms with van der Waals surface area (Å²) >= 11 is 9.37. The number of pyridine rings is 1. The summed E-state index contributed by atoms with van der Waals surface area (Å²) in [4.78, 5) is 4.34. The lowest BCUT2D eigenvalue weighted by Crippen LogP contribution is -2.19. The number of ether oxygens (including phenoxy) is 1. The molecule has 0 spiro atoms. The molecule has 1 N–H and O–H groups in total. The average molecular weight is 370 g/mol. The minimum Gasteiger partial charge on any atom is -0.456 e. The standard InChI is InChI=1S/C16H18BrClN2O/c1-11(2)9-19-10-13-8-14(5-6-20-13)21-16-4-3-12(18)7-15(16)17/h3-8,11,19H,9-10H2,1-2H3. The SMILES string of the molecule is CC(C)CNCc1cc(Oc2ccc(Cl)cc2Br)ccn1. The molecule has 21 heavy (non-hydrogen) atoms. The molecule has 0 bridgehead atoms. The number of rotatable bonds is 6. The number of halogens is 2. The lowest BCUT2D eigenvalue weighted by atomic mass is 10.2. The number of aromatic nitrogens is 1. The van der Waals surface area contributed by atoms with E-state index in [1.165, 1.54) is 0 Å². The first-order valence-electron chi connectivity index (χ1n) is 6.83. The first-order valence-corrected chi connectivity index (χ1v) is 8.00. The highest BCUT2D eigenvalue weighted by Gasteiger charge is 2.05. The van der Waals surface area contributed by atoms with E-state index in [0.29, 0.717) is 10.9 Å². The summed E-state index contributed by atoms with van der Waals surface area (Å²) in [5.41, 5.74) is 0.957. The Morgan fingerprint density at radius 3 is 2.81 bits per heavy atom. The van der Waals surface area contributed by atoms with Gasteiger partial charge in [-0.05, 0) is 52.7 Å². The van der Waals surface area contributed by atoms with Crippen LogP contribution in [0.5, 0.6) is 11.5 Å². The third-order valence-electron chi connectivity index (χ3n) is 2.77. The third kappa shape index (κ3) is 5.30. The largest absolute Gasteiger partial charge is 0.456 e. The molecule has 0 aliphatic heterocycles. The van der Waals surface area contributed by atoms with Crippen molar-refractivity contribution >= 4 is 27.5 Å². The van der Waals surface area contributed by atoms with Crippen molar-refractivity contribution in [2.45, 2.75) is 20.4 Å². The molecule has 0 atom stereocenters. The van der Waals surface area contributed by atoms with E-state index < -0.39 is 0 Å². The zero-order valence-corrected chi connectivity index (χ0v) is 14.4. The van der Waals surface area contributed by atoms with Gasteiger partial charge in [0, 0.05) is 23.8 Å². The normalized spacial score (nSPS) is 10.9. The molecule has 1 aromatic heterocycles. The summed E-state index contributed by atoms with van der Waals surface area (Å²) in [6.07, 6.45) is 1.76. The molecule has 1 aromatic carbocycles. The minimum atomic E-state index is 0.620. The van der Waals surface area contributed by atoms with Crippen LogP contribution in [0.25, 0.3) is 0 Å². The first-order chi connectivity index (χ1) is 10.0. The second kappa shape index (κ2) is 7.78. The Bertz CT molecular complexity index is 605. The van der Waals surface area contributed by atoms with Gasteiger partial charge in [-0.3, -0.25) is 4.98 Å². The molecule has 112 valence electrons. The van der Waals surface area contributed by atoms with Crippen LogP contribution in [-0.4, -0.2) is 11.5 Å². The molecule has 2 rings (SSSR count). The van der Waals surface area contributed by atoms with Crippen LogP contribution in [0.3, 0.4) is 0 Å². The van der Waals surface area contributed by atoms with Gasteiger partial charge in [0.2, 0.25) is 0 Å². The third-order valence-corrected chi connectivity index (χ3v) is 3.62. The molecule has 3 nitrogen and oxygen atoms in total. The Hall–Kier alpha value is -1.10. The van der Waals surface area contributed by atoms with Gasteiger partial charge in [-0.2, -0.15) is 0 Å².